The molecule has 1 unspecified atom stereocenters. The van der Waals surface area contributed by atoms with Gasteiger partial charge in [-0.2, -0.15) is 0 Å². The molecule has 0 saturated heterocycles. The number of aryl methyl sites for hydroxylation is 2. The Morgan fingerprint density at radius 3 is 2.61 bits per heavy atom. The molecule has 4 nitrogen and oxygen atoms in total. The largest absolute Gasteiger partial charge is 0.491 e. The number of benzene rings is 2. The number of nitrogens with one attached hydrogen (secondary N) is 2. The SMILES string of the molecule is Cc1ccc(C)c(NCCNCC(O)COc2ccccc2)c1. The van der Waals surface area contributed by atoms with Crippen molar-refractivity contribution < 1.29 is 9.84 Å². The average Bonchev–Trinajstić information content (AvgIpc) is 2.56. The van der Waals surface area contributed by atoms with Gasteiger partial charge in [0.25, 0.3) is 0 Å². The highest BCUT2D eigenvalue weighted by atomic mass is 16.5. The lowest BCUT2D eigenvalue weighted by Crippen LogP contribution is -2.34. The van der Waals surface area contributed by atoms with Crippen LogP contribution in [0.25, 0.3) is 0 Å². The van der Waals surface area contributed by atoms with E-state index in [4.69, 9.17) is 4.74 Å². The fraction of sp³-hybridized carbons (Fsp3) is 0.368. The molecular weight excluding hydrogens is 288 g/mol. The first-order valence-corrected chi connectivity index (χ1v) is 8.03. The minimum absolute atomic E-state index is 0.293. The van der Waals surface area contributed by atoms with E-state index in [1.807, 2.05) is 30.3 Å². The van der Waals surface area contributed by atoms with E-state index in [0.29, 0.717) is 13.2 Å². The van der Waals surface area contributed by atoms with Crippen LogP contribution in [0.4, 0.5) is 5.69 Å². The number of ether oxygens (including phenoxy) is 1. The minimum atomic E-state index is -0.518. The first kappa shape index (κ1) is 17.3. The number of aliphatic hydroxyl groups excluding tert-OH is 1. The molecule has 23 heavy (non-hydrogen) atoms. The molecule has 0 aliphatic carbocycles. The number of rotatable bonds is 9. The highest BCUT2D eigenvalue weighted by molar-refractivity contribution is 5.52. The van der Waals surface area contributed by atoms with Gasteiger partial charge in [0.05, 0.1) is 0 Å². The molecule has 2 aromatic rings. The normalized spacial score (nSPS) is 12.0. The summed E-state index contributed by atoms with van der Waals surface area (Å²) < 4.78 is 5.52. The average molecular weight is 314 g/mol. The van der Waals surface area contributed by atoms with Crippen molar-refractivity contribution >= 4 is 5.69 Å². The molecule has 3 N–H and O–H groups in total. The first-order valence-electron chi connectivity index (χ1n) is 8.03. The topological polar surface area (TPSA) is 53.5 Å². The summed E-state index contributed by atoms with van der Waals surface area (Å²) in [6.07, 6.45) is -0.518. The number of para-hydroxylation sites is 1. The van der Waals surface area contributed by atoms with E-state index in [-0.39, 0.29) is 0 Å². The van der Waals surface area contributed by atoms with Crippen molar-refractivity contribution in [1.82, 2.24) is 5.32 Å². The lowest BCUT2D eigenvalue weighted by atomic mass is 10.1. The second-order valence-electron chi connectivity index (χ2n) is 5.73. The molecule has 0 aromatic heterocycles. The monoisotopic (exact) mass is 314 g/mol. The van der Waals surface area contributed by atoms with Crippen LogP contribution in [0.1, 0.15) is 11.1 Å². The van der Waals surface area contributed by atoms with Crippen LogP contribution in [0, 0.1) is 13.8 Å². The molecule has 0 spiro atoms. The van der Waals surface area contributed by atoms with Gasteiger partial charge in [0.2, 0.25) is 0 Å². The van der Waals surface area contributed by atoms with Crippen molar-refractivity contribution in [2.45, 2.75) is 20.0 Å². The maximum absolute atomic E-state index is 9.90. The maximum atomic E-state index is 9.90. The summed E-state index contributed by atoms with van der Waals surface area (Å²) in [5.74, 6) is 0.781. The van der Waals surface area contributed by atoms with Gasteiger partial charge in [-0.05, 0) is 43.2 Å². The van der Waals surface area contributed by atoms with E-state index in [1.54, 1.807) is 0 Å². The van der Waals surface area contributed by atoms with Crippen molar-refractivity contribution in [2.75, 3.05) is 31.6 Å². The fourth-order valence-electron chi connectivity index (χ4n) is 2.25. The van der Waals surface area contributed by atoms with Crippen LogP contribution in [0.3, 0.4) is 0 Å². The van der Waals surface area contributed by atoms with Crippen LogP contribution in [-0.2, 0) is 0 Å². The Labute approximate surface area is 138 Å². The Balaban J connectivity index is 1.59. The lowest BCUT2D eigenvalue weighted by Gasteiger charge is -2.14. The summed E-state index contributed by atoms with van der Waals surface area (Å²) in [4.78, 5) is 0. The first-order chi connectivity index (χ1) is 11.1. The molecule has 2 aromatic carbocycles. The van der Waals surface area contributed by atoms with Crippen LogP contribution in [-0.4, -0.2) is 37.5 Å². The highest BCUT2D eigenvalue weighted by Crippen LogP contribution is 2.15. The van der Waals surface area contributed by atoms with Gasteiger partial charge < -0.3 is 20.5 Å². The smallest absolute Gasteiger partial charge is 0.119 e. The highest BCUT2D eigenvalue weighted by Gasteiger charge is 2.04. The minimum Gasteiger partial charge on any atom is -0.491 e. The molecule has 0 heterocycles. The summed E-state index contributed by atoms with van der Waals surface area (Å²) >= 11 is 0. The molecule has 124 valence electrons. The van der Waals surface area contributed by atoms with Crippen molar-refractivity contribution in [3.63, 3.8) is 0 Å². The molecule has 1 atom stereocenters. The Morgan fingerprint density at radius 1 is 1.04 bits per heavy atom. The van der Waals surface area contributed by atoms with Crippen LogP contribution in [0.15, 0.2) is 48.5 Å². The predicted molar refractivity (Wildman–Crippen MR) is 95.2 cm³/mol. The van der Waals surface area contributed by atoms with Gasteiger partial charge in [-0.25, -0.2) is 0 Å². The van der Waals surface area contributed by atoms with E-state index >= 15 is 0 Å². The zero-order valence-corrected chi connectivity index (χ0v) is 13.9. The fourth-order valence-corrected chi connectivity index (χ4v) is 2.25. The number of hydrogen-bond donors (Lipinski definition) is 3. The van der Waals surface area contributed by atoms with E-state index < -0.39 is 6.10 Å². The van der Waals surface area contributed by atoms with Crippen LogP contribution in [0.5, 0.6) is 5.75 Å². The summed E-state index contributed by atoms with van der Waals surface area (Å²) in [5, 5.41) is 16.5. The Bertz CT molecular complexity index is 587. The van der Waals surface area contributed by atoms with Gasteiger partial charge in [-0.15, -0.1) is 0 Å². The number of anilines is 1. The van der Waals surface area contributed by atoms with Gasteiger partial charge in [0.1, 0.15) is 18.5 Å². The Morgan fingerprint density at radius 2 is 1.83 bits per heavy atom. The zero-order valence-electron chi connectivity index (χ0n) is 13.9. The van der Waals surface area contributed by atoms with Crippen LogP contribution < -0.4 is 15.4 Å². The van der Waals surface area contributed by atoms with Crippen molar-refractivity contribution in [3.05, 3.63) is 59.7 Å². The second kappa shape index (κ2) is 9.18. The quantitative estimate of drug-likeness (QED) is 0.623. The maximum Gasteiger partial charge on any atom is 0.119 e. The Hall–Kier alpha value is -2.04. The van der Waals surface area contributed by atoms with Gasteiger partial charge in [-0.3, -0.25) is 0 Å². The van der Waals surface area contributed by atoms with Crippen LogP contribution >= 0.6 is 0 Å². The molecule has 0 bridgehead atoms. The van der Waals surface area contributed by atoms with E-state index in [9.17, 15) is 5.11 Å². The van der Waals surface area contributed by atoms with E-state index in [1.165, 1.54) is 16.8 Å². The third kappa shape index (κ3) is 6.30. The van der Waals surface area contributed by atoms with Gasteiger partial charge in [0, 0.05) is 25.3 Å². The van der Waals surface area contributed by atoms with Crippen molar-refractivity contribution in [1.29, 1.82) is 0 Å². The summed E-state index contributed by atoms with van der Waals surface area (Å²) in [6.45, 7) is 6.60. The van der Waals surface area contributed by atoms with Crippen molar-refractivity contribution in [2.24, 2.45) is 0 Å². The standard InChI is InChI=1S/C19H26N2O2/c1-15-8-9-16(2)19(12-15)21-11-10-20-13-17(22)14-23-18-6-4-3-5-7-18/h3-9,12,17,20-22H,10-11,13-14H2,1-2H3. The van der Waals surface area contributed by atoms with Crippen LogP contribution in [0.2, 0.25) is 0 Å². The molecule has 0 saturated carbocycles. The molecule has 0 fully saturated rings. The van der Waals surface area contributed by atoms with Gasteiger partial charge in [0.15, 0.2) is 0 Å². The summed E-state index contributed by atoms with van der Waals surface area (Å²) in [7, 11) is 0. The molecule has 0 amide bonds. The third-order valence-corrected chi connectivity index (χ3v) is 3.58. The number of hydrogen-bond acceptors (Lipinski definition) is 4. The third-order valence-electron chi connectivity index (χ3n) is 3.58. The van der Waals surface area contributed by atoms with Gasteiger partial charge in [-0.1, -0.05) is 30.3 Å². The Kier molecular flexibility index (Phi) is 6.91. The van der Waals surface area contributed by atoms with E-state index in [0.717, 1.165) is 18.8 Å². The second-order valence-corrected chi connectivity index (χ2v) is 5.73. The lowest BCUT2D eigenvalue weighted by molar-refractivity contribution is 0.107. The molecule has 0 radical (unpaired) electrons. The molecule has 4 heteroatoms. The predicted octanol–water partition coefficient (Wildman–Crippen LogP) is 2.74. The summed E-state index contributed by atoms with van der Waals surface area (Å²) in [5.41, 5.74) is 3.66. The molecule has 2 rings (SSSR count). The summed E-state index contributed by atoms with van der Waals surface area (Å²) in [6, 6.07) is 15.9. The molecular formula is C19H26N2O2. The van der Waals surface area contributed by atoms with E-state index in [2.05, 4.69) is 42.7 Å². The van der Waals surface area contributed by atoms with Crippen molar-refractivity contribution in [3.8, 4) is 5.75 Å². The number of aliphatic hydroxyl groups is 1. The molecule has 0 aliphatic heterocycles. The zero-order chi connectivity index (χ0) is 16.5. The molecule has 0 aliphatic rings. The van der Waals surface area contributed by atoms with Gasteiger partial charge >= 0.3 is 0 Å².